The van der Waals surface area contributed by atoms with Crippen LogP contribution in [0.5, 0.6) is 0 Å². The SMILES string of the molecule is CCN(CC)c1ccc(C=C2C(=O)NN(c3ccccc3)C2=O)o1. The van der Waals surface area contributed by atoms with Gasteiger partial charge in [0, 0.05) is 19.2 Å². The Morgan fingerprint density at radius 3 is 2.46 bits per heavy atom. The molecule has 0 atom stereocenters. The van der Waals surface area contributed by atoms with Crippen molar-refractivity contribution in [2.75, 3.05) is 23.0 Å². The molecule has 0 aliphatic carbocycles. The van der Waals surface area contributed by atoms with E-state index in [1.54, 1.807) is 30.3 Å². The standard InChI is InChI=1S/C18H19N3O3/c1-3-20(4-2)16-11-10-14(24-16)12-15-17(22)19-21(18(15)23)13-8-6-5-7-9-13/h5-12H,3-4H2,1-2H3,(H,19,22). The van der Waals surface area contributed by atoms with E-state index in [2.05, 4.69) is 10.3 Å². The van der Waals surface area contributed by atoms with Crippen LogP contribution in [-0.2, 0) is 9.59 Å². The molecule has 0 radical (unpaired) electrons. The van der Waals surface area contributed by atoms with E-state index >= 15 is 0 Å². The lowest BCUT2D eigenvalue weighted by Gasteiger charge is -2.16. The summed E-state index contributed by atoms with van der Waals surface area (Å²) < 4.78 is 5.73. The second kappa shape index (κ2) is 6.62. The number of para-hydroxylation sites is 1. The van der Waals surface area contributed by atoms with Gasteiger partial charge in [0.25, 0.3) is 11.8 Å². The van der Waals surface area contributed by atoms with Gasteiger partial charge in [0.15, 0.2) is 5.88 Å². The van der Waals surface area contributed by atoms with Gasteiger partial charge in [-0.15, -0.1) is 0 Å². The molecular weight excluding hydrogens is 306 g/mol. The first-order valence-electron chi connectivity index (χ1n) is 7.91. The second-order valence-electron chi connectivity index (χ2n) is 5.32. The van der Waals surface area contributed by atoms with E-state index in [1.807, 2.05) is 26.0 Å². The summed E-state index contributed by atoms with van der Waals surface area (Å²) in [5, 5.41) is 1.24. The third-order valence-corrected chi connectivity index (χ3v) is 3.88. The Labute approximate surface area is 140 Å². The lowest BCUT2D eigenvalue weighted by molar-refractivity contribution is -0.117. The van der Waals surface area contributed by atoms with Crippen molar-refractivity contribution in [2.24, 2.45) is 0 Å². The van der Waals surface area contributed by atoms with Crippen LogP contribution in [0.25, 0.3) is 6.08 Å². The number of carbonyl (C=O) groups excluding carboxylic acids is 2. The fourth-order valence-corrected chi connectivity index (χ4v) is 2.58. The maximum atomic E-state index is 12.5. The minimum atomic E-state index is -0.440. The predicted octanol–water partition coefficient (Wildman–Crippen LogP) is 2.59. The topological polar surface area (TPSA) is 65.8 Å². The van der Waals surface area contributed by atoms with E-state index in [4.69, 9.17) is 4.42 Å². The fraction of sp³-hybridized carbons (Fsp3) is 0.222. The van der Waals surface area contributed by atoms with Gasteiger partial charge in [-0.25, -0.2) is 5.01 Å². The summed E-state index contributed by atoms with van der Waals surface area (Å²) in [6.07, 6.45) is 1.48. The molecule has 2 amide bonds. The maximum Gasteiger partial charge on any atom is 0.282 e. The average molecular weight is 325 g/mol. The molecule has 1 aliphatic heterocycles. The summed E-state index contributed by atoms with van der Waals surface area (Å²) in [6, 6.07) is 12.6. The molecule has 2 heterocycles. The maximum absolute atomic E-state index is 12.5. The highest BCUT2D eigenvalue weighted by Crippen LogP contribution is 2.24. The smallest absolute Gasteiger partial charge is 0.282 e. The molecule has 1 N–H and O–H groups in total. The first-order valence-corrected chi connectivity index (χ1v) is 7.91. The van der Waals surface area contributed by atoms with Gasteiger partial charge < -0.3 is 9.32 Å². The molecule has 6 nitrogen and oxygen atoms in total. The summed E-state index contributed by atoms with van der Waals surface area (Å²) in [7, 11) is 0. The molecule has 6 heteroatoms. The van der Waals surface area contributed by atoms with Crippen molar-refractivity contribution in [3.8, 4) is 0 Å². The number of nitrogens with zero attached hydrogens (tertiary/aromatic N) is 2. The lowest BCUT2D eigenvalue weighted by Crippen LogP contribution is -2.35. The highest BCUT2D eigenvalue weighted by molar-refractivity contribution is 6.31. The van der Waals surface area contributed by atoms with Crippen LogP contribution in [0.15, 0.2) is 52.5 Å². The van der Waals surface area contributed by atoms with Gasteiger partial charge in [0.05, 0.1) is 5.69 Å². The van der Waals surface area contributed by atoms with Gasteiger partial charge in [-0.2, -0.15) is 0 Å². The van der Waals surface area contributed by atoms with Crippen molar-refractivity contribution in [2.45, 2.75) is 13.8 Å². The number of nitrogens with one attached hydrogen (secondary N) is 1. The van der Waals surface area contributed by atoms with Crippen molar-refractivity contribution in [1.29, 1.82) is 0 Å². The van der Waals surface area contributed by atoms with Gasteiger partial charge in [-0.1, -0.05) is 18.2 Å². The zero-order valence-corrected chi connectivity index (χ0v) is 13.7. The van der Waals surface area contributed by atoms with E-state index < -0.39 is 11.8 Å². The fourth-order valence-electron chi connectivity index (χ4n) is 2.58. The summed E-state index contributed by atoms with van der Waals surface area (Å²) >= 11 is 0. The summed E-state index contributed by atoms with van der Waals surface area (Å²) in [6.45, 7) is 5.72. The van der Waals surface area contributed by atoms with Crippen LogP contribution in [0.2, 0.25) is 0 Å². The van der Waals surface area contributed by atoms with Crippen LogP contribution in [0.1, 0.15) is 19.6 Å². The molecule has 24 heavy (non-hydrogen) atoms. The van der Waals surface area contributed by atoms with Crippen LogP contribution >= 0.6 is 0 Å². The molecule has 3 rings (SSSR count). The highest BCUT2D eigenvalue weighted by Gasteiger charge is 2.34. The number of amides is 2. The highest BCUT2D eigenvalue weighted by atomic mass is 16.4. The van der Waals surface area contributed by atoms with Gasteiger partial charge >= 0.3 is 0 Å². The quantitative estimate of drug-likeness (QED) is 0.678. The Hall–Kier alpha value is -3.02. The predicted molar refractivity (Wildman–Crippen MR) is 92.3 cm³/mol. The van der Waals surface area contributed by atoms with Gasteiger partial charge in [0.2, 0.25) is 0 Å². The normalized spacial score (nSPS) is 15.9. The molecular formula is C18H19N3O3. The van der Waals surface area contributed by atoms with Gasteiger partial charge in [0.1, 0.15) is 11.3 Å². The van der Waals surface area contributed by atoms with Gasteiger partial charge in [-0.3, -0.25) is 15.0 Å². The Bertz CT molecular complexity index is 776. The average Bonchev–Trinajstić information content (AvgIpc) is 3.17. The summed E-state index contributed by atoms with van der Waals surface area (Å²) in [5.74, 6) is 0.361. The molecule has 124 valence electrons. The van der Waals surface area contributed by atoms with Crippen LogP contribution in [0.3, 0.4) is 0 Å². The Morgan fingerprint density at radius 1 is 1.08 bits per heavy atom. The third kappa shape index (κ3) is 2.90. The monoisotopic (exact) mass is 325 g/mol. The number of hydrogen-bond acceptors (Lipinski definition) is 4. The zero-order chi connectivity index (χ0) is 17.1. The Kier molecular flexibility index (Phi) is 4.37. The number of hydrazine groups is 1. The van der Waals surface area contributed by atoms with Crippen molar-refractivity contribution >= 4 is 29.5 Å². The molecule has 1 saturated heterocycles. The van der Waals surface area contributed by atoms with E-state index in [9.17, 15) is 9.59 Å². The molecule has 2 aromatic rings. The number of anilines is 2. The molecule has 1 fully saturated rings. The molecule has 1 aliphatic rings. The Balaban J connectivity index is 1.85. The molecule has 0 spiro atoms. The summed E-state index contributed by atoms with van der Waals surface area (Å²) in [4.78, 5) is 26.7. The van der Waals surface area contributed by atoms with Crippen molar-refractivity contribution < 1.29 is 14.0 Å². The van der Waals surface area contributed by atoms with Crippen LogP contribution < -0.4 is 15.3 Å². The van der Waals surface area contributed by atoms with E-state index in [0.29, 0.717) is 11.4 Å². The van der Waals surface area contributed by atoms with E-state index in [1.165, 1.54) is 11.1 Å². The molecule has 1 aromatic heterocycles. The Morgan fingerprint density at radius 2 is 1.79 bits per heavy atom. The first kappa shape index (κ1) is 15.9. The molecule has 0 unspecified atom stereocenters. The minimum Gasteiger partial charge on any atom is -0.441 e. The first-order chi connectivity index (χ1) is 11.6. The third-order valence-electron chi connectivity index (χ3n) is 3.88. The number of benzene rings is 1. The number of rotatable bonds is 5. The molecule has 0 saturated carbocycles. The number of hydrogen-bond donors (Lipinski definition) is 1. The lowest BCUT2D eigenvalue weighted by atomic mass is 10.2. The zero-order valence-electron chi connectivity index (χ0n) is 13.7. The van der Waals surface area contributed by atoms with Crippen LogP contribution in [0.4, 0.5) is 11.6 Å². The molecule has 0 bridgehead atoms. The van der Waals surface area contributed by atoms with Gasteiger partial charge in [-0.05, 0) is 38.1 Å². The van der Waals surface area contributed by atoms with E-state index in [0.717, 1.165) is 19.0 Å². The number of carbonyl (C=O) groups is 2. The van der Waals surface area contributed by atoms with Crippen LogP contribution in [0, 0.1) is 0 Å². The van der Waals surface area contributed by atoms with Crippen molar-refractivity contribution in [3.05, 3.63) is 53.8 Å². The second-order valence-corrected chi connectivity index (χ2v) is 5.32. The van der Waals surface area contributed by atoms with Crippen molar-refractivity contribution in [1.82, 2.24) is 5.43 Å². The van der Waals surface area contributed by atoms with Crippen LogP contribution in [-0.4, -0.2) is 24.9 Å². The summed E-state index contributed by atoms with van der Waals surface area (Å²) in [5.41, 5.74) is 3.24. The number of furan rings is 1. The molecule has 1 aromatic carbocycles. The van der Waals surface area contributed by atoms with E-state index in [-0.39, 0.29) is 5.57 Å². The minimum absolute atomic E-state index is 0.0549. The van der Waals surface area contributed by atoms with Crippen molar-refractivity contribution in [3.63, 3.8) is 0 Å². The largest absolute Gasteiger partial charge is 0.441 e.